The number of rotatable bonds is 3. The number of likely N-dealkylation sites (tertiary alicyclic amines) is 1. The topological polar surface area (TPSA) is 33.2 Å². The first-order valence-corrected chi connectivity index (χ1v) is 7.33. The van der Waals surface area contributed by atoms with Gasteiger partial charge in [0.15, 0.2) is 0 Å². The van der Waals surface area contributed by atoms with Gasteiger partial charge in [0.2, 0.25) is 5.91 Å². The Morgan fingerprint density at radius 1 is 1.42 bits per heavy atom. The van der Waals surface area contributed by atoms with Crippen LogP contribution >= 0.6 is 11.3 Å². The molecule has 1 aromatic heterocycles. The first-order chi connectivity index (χ1) is 9.22. The molecule has 1 aliphatic heterocycles. The number of thiazole rings is 1. The van der Waals surface area contributed by atoms with Crippen molar-refractivity contribution in [3.63, 3.8) is 0 Å². The maximum atomic E-state index is 11.7. The molecular weight excluding hydrogens is 256 g/mol. The lowest BCUT2D eigenvalue weighted by molar-refractivity contribution is -0.128. The smallest absolute Gasteiger partial charge is 0.222 e. The van der Waals surface area contributed by atoms with E-state index in [4.69, 9.17) is 0 Å². The van der Waals surface area contributed by atoms with E-state index in [-0.39, 0.29) is 5.91 Å². The van der Waals surface area contributed by atoms with Crippen LogP contribution in [0.4, 0.5) is 0 Å². The number of carbonyl (C=O) groups excluding carboxylic acids is 1. The Kier molecular flexibility index (Phi) is 3.34. The van der Waals surface area contributed by atoms with Gasteiger partial charge in [-0.15, -0.1) is 11.3 Å². The molecule has 0 bridgehead atoms. The minimum Gasteiger partial charge on any atom is -0.338 e. The Labute approximate surface area is 116 Å². The van der Waals surface area contributed by atoms with E-state index in [2.05, 4.69) is 30.1 Å². The molecule has 1 saturated heterocycles. The molecule has 0 atom stereocenters. The number of nitrogens with zero attached hydrogens (tertiary/aromatic N) is 2. The van der Waals surface area contributed by atoms with Gasteiger partial charge in [-0.25, -0.2) is 4.98 Å². The third kappa shape index (κ3) is 2.68. The molecule has 98 valence electrons. The molecule has 0 aliphatic carbocycles. The average Bonchev–Trinajstić information content (AvgIpc) is 3.00. The number of hydrogen-bond donors (Lipinski definition) is 0. The van der Waals surface area contributed by atoms with Crippen LogP contribution in [0, 0.1) is 6.92 Å². The van der Waals surface area contributed by atoms with Crippen molar-refractivity contribution in [3.8, 4) is 10.6 Å². The molecule has 1 fully saturated rings. The molecule has 1 amide bonds. The molecule has 0 saturated carbocycles. The molecule has 0 N–H and O–H groups in total. The van der Waals surface area contributed by atoms with E-state index in [1.54, 1.807) is 11.3 Å². The highest BCUT2D eigenvalue weighted by atomic mass is 32.1. The first-order valence-electron chi connectivity index (χ1n) is 6.52. The predicted octanol–water partition coefficient (Wildman–Crippen LogP) is 3.24. The summed E-state index contributed by atoms with van der Waals surface area (Å²) in [6.07, 6.45) is 3.59. The van der Waals surface area contributed by atoms with E-state index < -0.39 is 0 Å². The normalized spacial score (nSPS) is 15.2. The van der Waals surface area contributed by atoms with Gasteiger partial charge in [-0.1, -0.05) is 18.2 Å². The minimum absolute atomic E-state index is 0.274. The highest BCUT2D eigenvalue weighted by molar-refractivity contribution is 7.14. The number of amides is 1. The van der Waals surface area contributed by atoms with E-state index in [1.165, 1.54) is 10.4 Å². The van der Waals surface area contributed by atoms with Gasteiger partial charge >= 0.3 is 0 Å². The fourth-order valence-electron chi connectivity index (χ4n) is 2.38. The molecule has 3 nitrogen and oxygen atoms in total. The quantitative estimate of drug-likeness (QED) is 0.859. The van der Waals surface area contributed by atoms with Crippen LogP contribution in [0.25, 0.3) is 10.6 Å². The van der Waals surface area contributed by atoms with E-state index in [0.717, 1.165) is 30.1 Å². The van der Waals surface area contributed by atoms with Crippen LogP contribution in [0.5, 0.6) is 0 Å². The third-order valence-corrected chi connectivity index (χ3v) is 4.30. The predicted molar refractivity (Wildman–Crippen MR) is 76.9 cm³/mol. The van der Waals surface area contributed by atoms with Crippen molar-refractivity contribution in [1.29, 1.82) is 0 Å². The van der Waals surface area contributed by atoms with Crippen LogP contribution in [0.3, 0.4) is 0 Å². The number of aromatic nitrogens is 1. The number of carbonyl (C=O) groups is 1. The molecule has 2 aromatic rings. The lowest BCUT2D eigenvalue weighted by Gasteiger charge is -2.15. The van der Waals surface area contributed by atoms with Crippen molar-refractivity contribution < 1.29 is 4.79 Å². The molecule has 1 aliphatic rings. The van der Waals surface area contributed by atoms with E-state index in [9.17, 15) is 4.79 Å². The van der Waals surface area contributed by atoms with Crippen molar-refractivity contribution >= 4 is 17.2 Å². The average molecular weight is 272 g/mol. The lowest BCUT2D eigenvalue weighted by Crippen LogP contribution is -2.23. The van der Waals surface area contributed by atoms with Gasteiger partial charge in [-0.05, 0) is 25.0 Å². The molecular formula is C15H16N2OS. The van der Waals surface area contributed by atoms with Crippen molar-refractivity contribution in [2.75, 3.05) is 6.54 Å². The van der Waals surface area contributed by atoms with E-state index >= 15 is 0 Å². The van der Waals surface area contributed by atoms with Crippen LogP contribution < -0.4 is 0 Å². The van der Waals surface area contributed by atoms with Crippen molar-refractivity contribution in [3.05, 3.63) is 40.9 Å². The summed E-state index contributed by atoms with van der Waals surface area (Å²) in [5, 5.41) is 1.05. The summed E-state index contributed by atoms with van der Waals surface area (Å²) in [5.41, 5.74) is 2.32. The Hall–Kier alpha value is -1.68. The molecule has 3 rings (SSSR count). The molecule has 19 heavy (non-hydrogen) atoms. The first kappa shape index (κ1) is 12.4. The highest BCUT2D eigenvalue weighted by Gasteiger charge is 2.20. The Morgan fingerprint density at radius 2 is 2.32 bits per heavy atom. The second-order valence-electron chi connectivity index (χ2n) is 4.90. The number of aryl methyl sites for hydroxylation is 1. The van der Waals surface area contributed by atoms with Crippen LogP contribution in [0.15, 0.2) is 30.5 Å². The van der Waals surface area contributed by atoms with Crippen LogP contribution in [-0.4, -0.2) is 22.3 Å². The van der Waals surface area contributed by atoms with Gasteiger partial charge in [0.1, 0.15) is 5.01 Å². The Balaban J connectivity index is 1.81. The molecule has 2 heterocycles. The largest absolute Gasteiger partial charge is 0.338 e. The van der Waals surface area contributed by atoms with Gasteiger partial charge in [0.05, 0.1) is 0 Å². The maximum Gasteiger partial charge on any atom is 0.222 e. The lowest BCUT2D eigenvalue weighted by atomic mass is 10.1. The van der Waals surface area contributed by atoms with E-state index in [0.29, 0.717) is 6.42 Å². The second-order valence-corrected chi connectivity index (χ2v) is 6.13. The number of benzene rings is 1. The summed E-state index contributed by atoms with van der Waals surface area (Å²) in [6.45, 7) is 3.67. The molecule has 4 heteroatoms. The standard InChI is InChI=1S/C15H16N2OS/c1-11-9-16-15(19-11)13-5-2-4-12(8-13)10-17-7-3-6-14(17)18/h2,4-5,8-9H,3,6-7,10H2,1H3. The number of hydrogen-bond acceptors (Lipinski definition) is 3. The summed E-state index contributed by atoms with van der Waals surface area (Å²) in [4.78, 5) is 19.2. The molecule has 0 spiro atoms. The van der Waals surface area contributed by atoms with Gasteiger partial charge in [0.25, 0.3) is 0 Å². The summed E-state index contributed by atoms with van der Waals surface area (Å²) in [6, 6.07) is 8.34. The zero-order chi connectivity index (χ0) is 13.2. The molecule has 0 radical (unpaired) electrons. The van der Waals surface area contributed by atoms with Crippen LogP contribution in [0.1, 0.15) is 23.3 Å². The van der Waals surface area contributed by atoms with Gasteiger partial charge in [-0.3, -0.25) is 4.79 Å². The second kappa shape index (κ2) is 5.13. The summed E-state index contributed by atoms with van der Waals surface area (Å²) >= 11 is 1.70. The maximum absolute atomic E-state index is 11.7. The van der Waals surface area contributed by atoms with E-state index in [1.807, 2.05) is 17.2 Å². The monoisotopic (exact) mass is 272 g/mol. The van der Waals surface area contributed by atoms with Crippen LogP contribution in [0.2, 0.25) is 0 Å². The van der Waals surface area contributed by atoms with Gasteiger partial charge in [-0.2, -0.15) is 0 Å². The Bertz CT molecular complexity index is 606. The Morgan fingerprint density at radius 3 is 3.00 bits per heavy atom. The minimum atomic E-state index is 0.274. The van der Waals surface area contributed by atoms with Crippen molar-refractivity contribution in [2.45, 2.75) is 26.3 Å². The van der Waals surface area contributed by atoms with Gasteiger partial charge < -0.3 is 4.90 Å². The summed E-state index contributed by atoms with van der Waals surface area (Å²) in [7, 11) is 0. The zero-order valence-electron chi connectivity index (χ0n) is 10.9. The summed E-state index contributed by atoms with van der Waals surface area (Å²) < 4.78 is 0. The summed E-state index contributed by atoms with van der Waals surface area (Å²) in [5.74, 6) is 0.274. The SMILES string of the molecule is Cc1cnc(-c2cccc(CN3CCCC3=O)c2)s1. The fourth-order valence-corrected chi connectivity index (χ4v) is 3.14. The van der Waals surface area contributed by atoms with Crippen molar-refractivity contribution in [2.24, 2.45) is 0 Å². The molecule has 0 unspecified atom stereocenters. The molecule has 1 aromatic carbocycles. The van der Waals surface area contributed by atoms with Crippen LogP contribution in [-0.2, 0) is 11.3 Å². The van der Waals surface area contributed by atoms with Gasteiger partial charge in [0, 0.05) is 36.1 Å². The highest BCUT2D eigenvalue weighted by Crippen LogP contribution is 2.26. The fraction of sp³-hybridized carbons (Fsp3) is 0.333. The third-order valence-electron chi connectivity index (χ3n) is 3.34. The zero-order valence-corrected chi connectivity index (χ0v) is 11.7. The van der Waals surface area contributed by atoms with Crippen molar-refractivity contribution in [1.82, 2.24) is 9.88 Å².